The van der Waals surface area contributed by atoms with Gasteiger partial charge in [-0.05, 0) is 42.8 Å². The van der Waals surface area contributed by atoms with Crippen LogP contribution in [0.3, 0.4) is 0 Å². The van der Waals surface area contributed by atoms with Gasteiger partial charge in [-0.15, -0.1) is 0 Å². The van der Waals surface area contributed by atoms with E-state index in [9.17, 15) is 5.11 Å². The molecule has 0 saturated carbocycles. The zero-order chi connectivity index (χ0) is 19.8. The molecule has 0 radical (unpaired) electrons. The lowest BCUT2D eigenvalue weighted by molar-refractivity contribution is 0.174. The van der Waals surface area contributed by atoms with Crippen LogP contribution in [0.1, 0.15) is 22.9 Å². The molecule has 144 valence electrons. The van der Waals surface area contributed by atoms with Gasteiger partial charge < -0.3 is 19.9 Å². The highest BCUT2D eigenvalue weighted by molar-refractivity contribution is 5.86. The Morgan fingerprint density at radius 1 is 1.00 bits per heavy atom. The van der Waals surface area contributed by atoms with E-state index < -0.39 is 0 Å². The number of ether oxygens (including phenoxy) is 2. The lowest BCUT2D eigenvalue weighted by atomic mass is 9.96. The molecule has 0 fully saturated rings. The van der Waals surface area contributed by atoms with Gasteiger partial charge >= 0.3 is 0 Å². The number of rotatable bonds is 4. The Morgan fingerprint density at radius 3 is 2.79 bits per heavy atom. The topological polar surface area (TPSA) is 76.5 Å². The number of anilines is 1. The van der Waals surface area contributed by atoms with Gasteiger partial charge in [0.05, 0.1) is 6.04 Å². The maximum Gasteiger partial charge on any atom is 0.231 e. The third kappa shape index (κ3) is 3.18. The van der Waals surface area contributed by atoms with E-state index in [1.54, 1.807) is 6.20 Å². The Bertz CT molecular complexity index is 1210. The van der Waals surface area contributed by atoms with Gasteiger partial charge in [-0.3, -0.25) is 4.98 Å². The van der Waals surface area contributed by atoms with Crippen LogP contribution in [0.25, 0.3) is 10.9 Å². The van der Waals surface area contributed by atoms with Crippen molar-refractivity contribution in [2.75, 3.05) is 12.1 Å². The van der Waals surface area contributed by atoms with Crippen molar-refractivity contribution in [1.82, 2.24) is 9.97 Å². The number of pyridine rings is 2. The number of aromatic hydroxyl groups is 1. The molecule has 0 saturated heterocycles. The van der Waals surface area contributed by atoms with Gasteiger partial charge in [0.15, 0.2) is 11.5 Å². The van der Waals surface area contributed by atoms with Gasteiger partial charge in [-0.1, -0.05) is 30.3 Å². The van der Waals surface area contributed by atoms with Gasteiger partial charge in [-0.2, -0.15) is 0 Å². The van der Waals surface area contributed by atoms with Crippen LogP contribution in [0.4, 0.5) is 5.82 Å². The summed E-state index contributed by atoms with van der Waals surface area (Å²) in [6, 6.07) is 18.9. The first kappa shape index (κ1) is 17.3. The molecule has 2 N–H and O–H groups in total. The summed E-state index contributed by atoms with van der Waals surface area (Å²) in [6.45, 7) is 2.15. The Labute approximate surface area is 167 Å². The molecule has 0 bridgehead atoms. The van der Waals surface area contributed by atoms with Crippen LogP contribution < -0.4 is 14.8 Å². The molecular weight excluding hydrogens is 366 g/mol. The number of nitrogens with zero attached hydrogens (tertiary/aromatic N) is 2. The molecule has 2 aromatic heterocycles. The monoisotopic (exact) mass is 385 g/mol. The Morgan fingerprint density at radius 2 is 1.90 bits per heavy atom. The molecule has 1 aliphatic rings. The molecule has 6 heteroatoms. The van der Waals surface area contributed by atoms with Crippen LogP contribution >= 0.6 is 0 Å². The van der Waals surface area contributed by atoms with Gasteiger partial charge in [0.2, 0.25) is 6.79 Å². The molecule has 0 aliphatic carbocycles. The highest BCUT2D eigenvalue weighted by Crippen LogP contribution is 2.40. The normalized spacial score (nSPS) is 13.4. The second-order valence-electron chi connectivity index (χ2n) is 6.93. The van der Waals surface area contributed by atoms with Crippen molar-refractivity contribution in [3.63, 3.8) is 0 Å². The summed E-state index contributed by atoms with van der Waals surface area (Å²) in [5.74, 6) is 2.26. The summed E-state index contributed by atoms with van der Waals surface area (Å²) in [6.07, 6.45) is 1.68. The molecule has 2 aromatic carbocycles. The number of aromatic nitrogens is 2. The summed E-state index contributed by atoms with van der Waals surface area (Å²) in [7, 11) is 0. The first-order chi connectivity index (χ1) is 14.2. The standard InChI is InChI=1S/C23H19N3O3/c1-14-4-2-6-20(25-14)26-21(16-8-10-18-19(12-16)29-13-28-18)17-9-7-15-5-3-11-24-22(15)23(17)27/h2-12,21,27H,13H2,1H3,(H,25,26). The van der Waals surface area contributed by atoms with Crippen molar-refractivity contribution in [3.05, 3.63) is 83.7 Å². The first-order valence-electron chi connectivity index (χ1n) is 9.35. The molecular formula is C23H19N3O3. The van der Waals surface area contributed by atoms with E-state index in [2.05, 4.69) is 15.3 Å². The van der Waals surface area contributed by atoms with Crippen LogP contribution in [0.2, 0.25) is 0 Å². The minimum atomic E-state index is -0.356. The maximum absolute atomic E-state index is 11.0. The fraction of sp³-hybridized carbons (Fsp3) is 0.130. The lowest BCUT2D eigenvalue weighted by Crippen LogP contribution is -2.14. The highest BCUT2D eigenvalue weighted by atomic mass is 16.7. The minimum absolute atomic E-state index is 0.144. The van der Waals surface area contributed by atoms with E-state index in [1.807, 2.05) is 67.6 Å². The average Bonchev–Trinajstić information content (AvgIpc) is 3.21. The average molecular weight is 385 g/mol. The van der Waals surface area contributed by atoms with Crippen molar-refractivity contribution < 1.29 is 14.6 Å². The van der Waals surface area contributed by atoms with Gasteiger partial charge in [0.1, 0.15) is 17.1 Å². The van der Waals surface area contributed by atoms with Crippen molar-refractivity contribution in [1.29, 1.82) is 0 Å². The zero-order valence-corrected chi connectivity index (χ0v) is 15.8. The minimum Gasteiger partial charge on any atom is -0.505 e. The molecule has 1 aliphatic heterocycles. The summed E-state index contributed by atoms with van der Waals surface area (Å²) in [5.41, 5.74) is 3.10. The van der Waals surface area contributed by atoms with Crippen LogP contribution in [0.15, 0.2) is 66.9 Å². The predicted octanol–water partition coefficient (Wildman–Crippen LogP) is 4.57. The molecule has 1 unspecified atom stereocenters. The van der Waals surface area contributed by atoms with E-state index >= 15 is 0 Å². The van der Waals surface area contributed by atoms with Gasteiger partial charge in [0.25, 0.3) is 0 Å². The van der Waals surface area contributed by atoms with E-state index in [1.165, 1.54) is 0 Å². The number of fused-ring (bicyclic) bond motifs is 2. The van der Waals surface area contributed by atoms with E-state index in [4.69, 9.17) is 9.47 Å². The number of phenolic OH excluding ortho intramolecular Hbond substituents is 1. The predicted molar refractivity (Wildman–Crippen MR) is 110 cm³/mol. The van der Waals surface area contributed by atoms with Crippen LogP contribution in [0, 0.1) is 6.92 Å². The molecule has 4 aromatic rings. The third-order valence-corrected chi connectivity index (χ3v) is 5.00. The lowest BCUT2D eigenvalue weighted by Gasteiger charge is -2.22. The number of hydrogen-bond acceptors (Lipinski definition) is 6. The fourth-order valence-electron chi connectivity index (χ4n) is 3.58. The van der Waals surface area contributed by atoms with Crippen molar-refractivity contribution in [3.8, 4) is 17.2 Å². The zero-order valence-electron chi connectivity index (χ0n) is 15.8. The molecule has 0 amide bonds. The number of hydrogen-bond donors (Lipinski definition) is 2. The summed E-state index contributed by atoms with van der Waals surface area (Å²) >= 11 is 0. The van der Waals surface area contributed by atoms with E-state index in [0.717, 1.165) is 16.6 Å². The number of benzene rings is 2. The second-order valence-corrected chi connectivity index (χ2v) is 6.93. The van der Waals surface area contributed by atoms with Crippen LogP contribution in [0.5, 0.6) is 17.2 Å². The fourth-order valence-corrected chi connectivity index (χ4v) is 3.58. The van der Waals surface area contributed by atoms with Crippen molar-refractivity contribution in [2.45, 2.75) is 13.0 Å². The molecule has 29 heavy (non-hydrogen) atoms. The number of aryl methyl sites for hydroxylation is 1. The first-order valence-corrected chi connectivity index (χ1v) is 9.35. The van der Waals surface area contributed by atoms with Crippen LogP contribution in [-0.4, -0.2) is 21.9 Å². The molecule has 6 nitrogen and oxygen atoms in total. The number of phenols is 1. The SMILES string of the molecule is Cc1cccc(NC(c2ccc3c(c2)OCO3)c2ccc3cccnc3c2O)n1. The highest BCUT2D eigenvalue weighted by Gasteiger charge is 2.23. The number of nitrogens with one attached hydrogen (secondary N) is 1. The Hall–Kier alpha value is -3.80. The van der Waals surface area contributed by atoms with E-state index in [0.29, 0.717) is 28.4 Å². The van der Waals surface area contributed by atoms with Crippen molar-refractivity contribution in [2.24, 2.45) is 0 Å². The van der Waals surface area contributed by atoms with Gasteiger partial charge in [-0.25, -0.2) is 4.98 Å². The second kappa shape index (κ2) is 6.98. The Balaban J connectivity index is 1.65. The van der Waals surface area contributed by atoms with E-state index in [-0.39, 0.29) is 18.6 Å². The molecule has 1 atom stereocenters. The third-order valence-electron chi connectivity index (χ3n) is 5.00. The summed E-state index contributed by atoms with van der Waals surface area (Å²) < 4.78 is 11.0. The quantitative estimate of drug-likeness (QED) is 0.536. The summed E-state index contributed by atoms with van der Waals surface area (Å²) in [5, 5.41) is 15.4. The summed E-state index contributed by atoms with van der Waals surface area (Å²) in [4.78, 5) is 8.92. The molecule has 3 heterocycles. The maximum atomic E-state index is 11.0. The Kier molecular flexibility index (Phi) is 4.17. The largest absolute Gasteiger partial charge is 0.505 e. The van der Waals surface area contributed by atoms with Crippen molar-refractivity contribution >= 4 is 16.7 Å². The molecule has 0 spiro atoms. The smallest absolute Gasteiger partial charge is 0.231 e. The molecule has 5 rings (SSSR count). The van der Waals surface area contributed by atoms with Gasteiger partial charge in [0, 0.05) is 22.8 Å². The van der Waals surface area contributed by atoms with Crippen LogP contribution in [-0.2, 0) is 0 Å².